The van der Waals surface area contributed by atoms with Crippen molar-refractivity contribution in [1.29, 1.82) is 5.41 Å². The first-order valence-electron chi connectivity index (χ1n) is 6.11. The number of nitrogens with zero attached hydrogens (tertiary/aromatic N) is 1. The highest BCUT2D eigenvalue weighted by Gasteiger charge is 2.05. The van der Waals surface area contributed by atoms with E-state index in [1.54, 1.807) is 18.2 Å². The fourth-order valence-corrected chi connectivity index (χ4v) is 2.55. The van der Waals surface area contributed by atoms with Gasteiger partial charge < -0.3 is 9.88 Å². The summed E-state index contributed by atoms with van der Waals surface area (Å²) < 4.78 is 15.5. The summed E-state index contributed by atoms with van der Waals surface area (Å²) in [4.78, 5) is 0. The molecule has 3 nitrogen and oxygen atoms in total. The summed E-state index contributed by atoms with van der Waals surface area (Å²) in [6.45, 7) is 3.94. The number of benzene rings is 1. The summed E-state index contributed by atoms with van der Waals surface area (Å²) in [5.74, 6) is 0.130. The van der Waals surface area contributed by atoms with Gasteiger partial charge >= 0.3 is 0 Å². The molecule has 0 amide bonds. The van der Waals surface area contributed by atoms with Crippen LogP contribution in [0, 0.1) is 25.1 Å². The van der Waals surface area contributed by atoms with Gasteiger partial charge in [0.1, 0.15) is 11.7 Å². The standard InChI is InChI=1S/C15H15FIN3/c1-10-3-4-11(2)20(10)15(18)9-14(17)19-13-7-5-12(16)6-8-13/h3-9,18-19H,1-2H3/b14-9-,18-15?. The fraction of sp³-hybridized carbons (Fsp3) is 0.133. The number of hydrogen-bond acceptors (Lipinski definition) is 2. The maximum Gasteiger partial charge on any atom is 0.131 e. The third kappa shape index (κ3) is 3.47. The molecule has 0 aliphatic carbocycles. The highest BCUT2D eigenvalue weighted by molar-refractivity contribution is 14.1. The number of anilines is 1. The molecule has 2 N–H and O–H groups in total. The summed E-state index contributed by atoms with van der Waals surface area (Å²) in [5.41, 5.74) is 2.84. The van der Waals surface area contributed by atoms with Gasteiger partial charge in [0, 0.05) is 23.2 Å². The largest absolute Gasteiger partial charge is 0.350 e. The molecule has 2 aromatic rings. The van der Waals surface area contributed by atoms with Gasteiger partial charge in [-0.1, -0.05) is 0 Å². The van der Waals surface area contributed by atoms with Crippen LogP contribution in [0.15, 0.2) is 46.2 Å². The van der Waals surface area contributed by atoms with E-state index in [2.05, 4.69) is 27.9 Å². The lowest BCUT2D eigenvalue weighted by Gasteiger charge is -2.09. The van der Waals surface area contributed by atoms with E-state index in [9.17, 15) is 4.39 Å². The van der Waals surface area contributed by atoms with Crippen LogP contribution in [0.2, 0.25) is 0 Å². The van der Waals surface area contributed by atoms with Crippen LogP contribution in [0.25, 0.3) is 0 Å². The van der Waals surface area contributed by atoms with Gasteiger partial charge in [0.05, 0.1) is 3.70 Å². The first kappa shape index (κ1) is 14.8. The summed E-state index contributed by atoms with van der Waals surface area (Å²) in [6.07, 6.45) is 1.74. The molecule has 0 bridgehead atoms. The summed E-state index contributed by atoms with van der Waals surface area (Å²) in [7, 11) is 0. The van der Waals surface area contributed by atoms with Crippen LogP contribution in [-0.2, 0) is 0 Å². The topological polar surface area (TPSA) is 40.8 Å². The SMILES string of the molecule is Cc1ccc(C)n1C(=N)/C=C(/I)Nc1ccc(F)cc1. The van der Waals surface area contributed by atoms with Crippen molar-refractivity contribution in [2.24, 2.45) is 0 Å². The molecule has 0 saturated heterocycles. The molecule has 20 heavy (non-hydrogen) atoms. The Kier molecular flexibility index (Phi) is 4.59. The predicted octanol–water partition coefficient (Wildman–Crippen LogP) is 4.46. The highest BCUT2D eigenvalue weighted by atomic mass is 127. The first-order valence-corrected chi connectivity index (χ1v) is 7.19. The molecule has 0 aliphatic rings. The van der Waals surface area contributed by atoms with Crippen LogP contribution < -0.4 is 5.32 Å². The third-order valence-electron chi connectivity index (χ3n) is 2.88. The number of rotatable bonds is 3. The Labute approximate surface area is 131 Å². The van der Waals surface area contributed by atoms with E-state index in [0.717, 1.165) is 20.8 Å². The molecule has 1 aromatic heterocycles. The molecular formula is C15H15FIN3. The second-order valence-corrected chi connectivity index (χ2v) is 5.62. The normalized spacial score (nSPS) is 11.5. The van der Waals surface area contributed by atoms with Crippen molar-refractivity contribution in [2.45, 2.75) is 13.8 Å². The number of aromatic nitrogens is 1. The summed E-state index contributed by atoms with van der Waals surface area (Å²) >= 11 is 2.12. The van der Waals surface area contributed by atoms with Crippen molar-refractivity contribution in [2.75, 3.05) is 5.32 Å². The van der Waals surface area contributed by atoms with E-state index in [0.29, 0.717) is 5.84 Å². The number of hydrogen-bond donors (Lipinski definition) is 2. The third-order valence-corrected chi connectivity index (χ3v) is 3.46. The Balaban J connectivity index is 2.14. The molecule has 0 radical (unpaired) electrons. The number of aryl methyl sites for hydroxylation is 2. The molecule has 5 heteroatoms. The van der Waals surface area contributed by atoms with E-state index in [1.807, 2.05) is 30.5 Å². The maximum absolute atomic E-state index is 12.8. The number of nitrogens with one attached hydrogen (secondary N) is 2. The molecule has 1 heterocycles. The van der Waals surface area contributed by atoms with E-state index in [1.165, 1.54) is 12.1 Å². The van der Waals surface area contributed by atoms with Crippen LogP contribution in [-0.4, -0.2) is 10.4 Å². The second kappa shape index (κ2) is 6.21. The van der Waals surface area contributed by atoms with Gasteiger partial charge in [-0.25, -0.2) is 4.39 Å². The van der Waals surface area contributed by atoms with Crippen molar-refractivity contribution in [1.82, 2.24) is 4.57 Å². The molecule has 0 fully saturated rings. The Morgan fingerprint density at radius 2 is 1.70 bits per heavy atom. The summed E-state index contributed by atoms with van der Waals surface area (Å²) in [5, 5.41) is 11.3. The molecule has 0 unspecified atom stereocenters. The molecular weight excluding hydrogens is 368 g/mol. The Morgan fingerprint density at radius 3 is 2.25 bits per heavy atom. The van der Waals surface area contributed by atoms with Gasteiger partial charge in [0.2, 0.25) is 0 Å². The van der Waals surface area contributed by atoms with Crippen molar-refractivity contribution < 1.29 is 4.39 Å². The van der Waals surface area contributed by atoms with Crippen molar-refractivity contribution in [3.8, 4) is 0 Å². The molecule has 1 aromatic carbocycles. The van der Waals surface area contributed by atoms with Crippen molar-refractivity contribution >= 4 is 34.1 Å². The fourth-order valence-electron chi connectivity index (χ4n) is 1.94. The van der Waals surface area contributed by atoms with Gasteiger partial charge in [-0.2, -0.15) is 0 Å². The first-order chi connectivity index (χ1) is 9.47. The van der Waals surface area contributed by atoms with E-state index in [4.69, 9.17) is 5.41 Å². The zero-order chi connectivity index (χ0) is 14.7. The molecule has 0 aliphatic heterocycles. The van der Waals surface area contributed by atoms with Gasteiger partial charge in [-0.15, -0.1) is 0 Å². The Bertz CT molecular complexity index is 637. The highest BCUT2D eigenvalue weighted by Crippen LogP contribution is 2.16. The van der Waals surface area contributed by atoms with Gasteiger partial charge in [0.15, 0.2) is 0 Å². The number of allylic oxidation sites excluding steroid dienone is 1. The van der Waals surface area contributed by atoms with Crippen LogP contribution in [0.5, 0.6) is 0 Å². The lowest BCUT2D eigenvalue weighted by molar-refractivity contribution is 0.628. The minimum Gasteiger partial charge on any atom is -0.350 e. The van der Waals surface area contributed by atoms with Crippen LogP contribution in [0.1, 0.15) is 11.4 Å². The lowest BCUT2D eigenvalue weighted by Crippen LogP contribution is -2.12. The van der Waals surface area contributed by atoms with Crippen LogP contribution >= 0.6 is 22.6 Å². The van der Waals surface area contributed by atoms with E-state index in [-0.39, 0.29) is 5.82 Å². The zero-order valence-corrected chi connectivity index (χ0v) is 13.4. The molecule has 104 valence electrons. The molecule has 2 rings (SSSR count). The molecule has 0 saturated carbocycles. The second-order valence-electron chi connectivity index (χ2n) is 4.46. The van der Waals surface area contributed by atoms with Gasteiger partial charge in [0.25, 0.3) is 0 Å². The molecule has 0 atom stereocenters. The van der Waals surface area contributed by atoms with Gasteiger partial charge in [-0.05, 0) is 72.8 Å². The van der Waals surface area contributed by atoms with Crippen LogP contribution in [0.4, 0.5) is 10.1 Å². The van der Waals surface area contributed by atoms with Gasteiger partial charge in [-0.3, -0.25) is 5.41 Å². The van der Waals surface area contributed by atoms with E-state index < -0.39 is 0 Å². The zero-order valence-electron chi connectivity index (χ0n) is 11.2. The van der Waals surface area contributed by atoms with Crippen LogP contribution in [0.3, 0.4) is 0 Å². The Morgan fingerprint density at radius 1 is 1.15 bits per heavy atom. The molecule has 0 spiro atoms. The quantitative estimate of drug-likeness (QED) is 0.350. The average molecular weight is 383 g/mol. The van der Waals surface area contributed by atoms with E-state index >= 15 is 0 Å². The minimum atomic E-state index is -0.263. The maximum atomic E-state index is 12.8. The van der Waals surface area contributed by atoms with Crippen molar-refractivity contribution in [3.05, 3.63) is 63.4 Å². The summed E-state index contributed by atoms with van der Waals surface area (Å²) in [6, 6.07) is 10.1. The number of halogens is 2. The minimum absolute atomic E-state index is 0.263. The smallest absolute Gasteiger partial charge is 0.131 e. The average Bonchev–Trinajstić information content (AvgIpc) is 2.72. The lowest BCUT2D eigenvalue weighted by atomic mass is 10.3. The predicted molar refractivity (Wildman–Crippen MR) is 89.2 cm³/mol. The monoisotopic (exact) mass is 383 g/mol. The van der Waals surface area contributed by atoms with Crippen molar-refractivity contribution in [3.63, 3.8) is 0 Å². The Hall–Kier alpha value is -1.63.